The number of methoxy groups -OCH3 is 2. The van der Waals surface area contributed by atoms with E-state index < -0.39 is 0 Å². The van der Waals surface area contributed by atoms with Gasteiger partial charge < -0.3 is 9.47 Å². The van der Waals surface area contributed by atoms with Crippen molar-refractivity contribution in [2.75, 3.05) is 14.2 Å². The summed E-state index contributed by atoms with van der Waals surface area (Å²) in [7, 11) is 3.60. The number of rotatable bonds is 34. The van der Waals surface area contributed by atoms with Gasteiger partial charge in [0.25, 0.3) is 0 Å². The highest BCUT2D eigenvalue weighted by Crippen LogP contribution is 2.33. The second-order valence-corrected chi connectivity index (χ2v) is 18.0. The fourth-order valence-electron chi connectivity index (χ4n) is 8.89. The van der Waals surface area contributed by atoms with Crippen molar-refractivity contribution in [2.45, 2.75) is 221 Å². The summed E-state index contributed by atoms with van der Waals surface area (Å²) in [5, 5.41) is 0. The van der Waals surface area contributed by atoms with Crippen molar-refractivity contribution in [1.82, 2.24) is 0 Å². The fourth-order valence-corrected chi connectivity index (χ4v) is 8.89. The Balaban J connectivity index is 1.91. The lowest BCUT2D eigenvalue weighted by Crippen LogP contribution is -1.98. The summed E-state index contributed by atoms with van der Waals surface area (Å²) in [6.45, 7) is 13.9. The van der Waals surface area contributed by atoms with E-state index in [4.69, 9.17) is 9.47 Å². The summed E-state index contributed by atoms with van der Waals surface area (Å²) in [4.78, 5) is 0. The zero-order valence-electron chi connectivity index (χ0n) is 40.4. The SMILES string of the molecule is CCCCCCCCc1cc(/C=C/c2cc(OC)c(/C=C/c3cc(CCCCCCCC)c(C)cc3CCCCCCCC)cc2OC)c(CCCCCCCC)cc1C. The molecule has 0 atom stereocenters. The standard InChI is InChI=1S/C58H90O2/c1-9-13-17-21-25-29-33-49-43-53(51(41-47(49)5)35-31-27-23-19-15-11-3)37-39-55-45-58(60-8)56(46-57(55)59-7)40-38-54-44-50(34-30-26-22-18-14-10-2)48(6)42-52(54)36-32-28-24-20-16-12-4/h37-46H,9-36H2,1-8H3/b39-37+,40-38+. The normalized spacial score (nSPS) is 11.7. The molecule has 0 radical (unpaired) electrons. The maximum atomic E-state index is 6.09. The van der Waals surface area contributed by atoms with E-state index in [0.717, 1.165) is 48.3 Å². The van der Waals surface area contributed by atoms with Gasteiger partial charge in [0.05, 0.1) is 14.2 Å². The Hall–Kier alpha value is -3.26. The van der Waals surface area contributed by atoms with Crippen molar-refractivity contribution in [3.8, 4) is 11.5 Å². The predicted molar refractivity (Wildman–Crippen MR) is 268 cm³/mol. The van der Waals surface area contributed by atoms with Gasteiger partial charge in [-0.1, -0.05) is 205 Å². The molecule has 3 aromatic carbocycles. The van der Waals surface area contributed by atoms with Gasteiger partial charge in [0.2, 0.25) is 0 Å². The molecule has 0 amide bonds. The van der Waals surface area contributed by atoms with Crippen molar-refractivity contribution in [1.29, 1.82) is 0 Å². The third kappa shape index (κ3) is 19.2. The average Bonchev–Trinajstić information content (AvgIpc) is 3.25. The molecule has 0 saturated carbocycles. The predicted octanol–water partition coefficient (Wildman–Crippen LogP) is 18.3. The van der Waals surface area contributed by atoms with Crippen molar-refractivity contribution in [3.63, 3.8) is 0 Å². The van der Waals surface area contributed by atoms with Gasteiger partial charge in [-0.25, -0.2) is 0 Å². The third-order valence-electron chi connectivity index (χ3n) is 12.9. The lowest BCUT2D eigenvalue weighted by atomic mass is 9.92. The lowest BCUT2D eigenvalue weighted by Gasteiger charge is -2.15. The maximum Gasteiger partial charge on any atom is 0.126 e. The third-order valence-corrected chi connectivity index (χ3v) is 12.9. The minimum absolute atomic E-state index is 0.878. The molecule has 334 valence electrons. The van der Waals surface area contributed by atoms with Crippen LogP contribution in [-0.2, 0) is 25.7 Å². The van der Waals surface area contributed by atoms with E-state index in [2.05, 4.69) is 102 Å². The van der Waals surface area contributed by atoms with E-state index in [1.165, 1.54) is 199 Å². The summed E-state index contributed by atoms with van der Waals surface area (Å²) in [5.74, 6) is 1.76. The van der Waals surface area contributed by atoms with Crippen molar-refractivity contribution in [3.05, 3.63) is 92.0 Å². The number of unbranched alkanes of at least 4 members (excludes halogenated alkanes) is 20. The van der Waals surface area contributed by atoms with Crippen LogP contribution in [0.3, 0.4) is 0 Å². The summed E-state index contributed by atoms with van der Waals surface area (Å²) in [5.41, 5.74) is 13.7. The van der Waals surface area contributed by atoms with Crippen LogP contribution in [0.25, 0.3) is 24.3 Å². The van der Waals surface area contributed by atoms with Crippen LogP contribution in [0.2, 0.25) is 0 Å². The van der Waals surface area contributed by atoms with E-state index >= 15 is 0 Å². The first-order valence-corrected chi connectivity index (χ1v) is 25.3. The minimum atomic E-state index is 0.878. The molecule has 0 heterocycles. The summed E-state index contributed by atoms with van der Waals surface area (Å²) in [6.07, 6.45) is 45.6. The monoisotopic (exact) mass is 819 g/mol. The van der Waals surface area contributed by atoms with Crippen molar-refractivity contribution >= 4 is 24.3 Å². The zero-order valence-corrected chi connectivity index (χ0v) is 40.4. The molecule has 0 aromatic heterocycles. The highest BCUT2D eigenvalue weighted by atomic mass is 16.5. The first-order valence-electron chi connectivity index (χ1n) is 25.3. The Morgan fingerprint density at radius 1 is 0.317 bits per heavy atom. The van der Waals surface area contributed by atoms with Gasteiger partial charge in [0.15, 0.2) is 0 Å². The van der Waals surface area contributed by atoms with Gasteiger partial charge in [0, 0.05) is 11.1 Å². The van der Waals surface area contributed by atoms with Crippen LogP contribution >= 0.6 is 0 Å². The molecule has 2 heteroatoms. The highest BCUT2D eigenvalue weighted by molar-refractivity contribution is 5.80. The number of hydrogen-bond donors (Lipinski definition) is 0. The molecule has 0 N–H and O–H groups in total. The Morgan fingerprint density at radius 2 is 0.583 bits per heavy atom. The molecule has 0 aliphatic heterocycles. The van der Waals surface area contributed by atoms with E-state index in [9.17, 15) is 0 Å². The Kier molecular flexibility index (Phi) is 26.9. The fraction of sp³-hybridized carbons (Fsp3) is 0.621. The lowest BCUT2D eigenvalue weighted by molar-refractivity contribution is 0.401. The molecule has 3 rings (SSSR count). The molecule has 0 aliphatic rings. The molecule has 2 nitrogen and oxygen atoms in total. The topological polar surface area (TPSA) is 18.5 Å². The Bertz CT molecular complexity index is 1530. The zero-order chi connectivity index (χ0) is 43.2. The van der Waals surface area contributed by atoms with Gasteiger partial charge in [0.1, 0.15) is 11.5 Å². The molecule has 0 unspecified atom stereocenters. The molecular formula is C58H90O2. The van der Waals surface area contributed by atoms with Crippen LogP contribution in [0.5, 0.6) is 11.5 Å². The minimum Gasteiger partial charge on any atom is -0.496 e. The number of hydrogen-bond acceptors (Lipinski definition) is 2. The van der Waals surface area contributed by atoms with Gasteiger partial charge in [-0.3, -0.25) is 0 Å². The molecule has 0 fully saturated rings. The Labute approximate surface area is 371 Å². The molecule has 3 aromatic rings. The van der Waals surface area contributed by atoms with Gasteiger partial charge >= 0.3 is 0 Å². The van der Waals surface area contributed by atoms with E-state index in [0.29, 0.717) is 0 Å². The maximum absolute atomic E-state index is 6.09. The van der Waals surface area contributed by atoms with Crippen LogP contribution in [0.1, 0.15) is 237 Å². The highest BCUT2D eigenvalue weighted by Gasteiger charge is 2.12. The quantitative estimate of drug-likeness (QED) is 0.0441. The number of ether oxygens (including phenoxy) is 2. The molecular weight excluding hydrogens is 729 g/mol. The van der Waals surface area contributed by atoms with Crippen LogP contribution in [0.15, 0.2) is 36.4 Å². The number of benzene rings is 3. The molecule has 0 aliphatic carbocycles. The second kappa shape index (κ2) is 31.6. The van der Waals surface area contributed by atoms with Crippen LogP contribution in [0, 0.1) is 13.8 Å². The van der Waals surface area contributed by atoms with Gasteiger partial charge in [-0.2, -0.15) is 0 Å². The average molecular weight is 819 g/mol. The summed E-state index contributed by atoms with van der Waals surface area (Å²) >= 11 is 0. The van der Waals surface area contributed by atoms with Crippen molar-refractivity contribution < 1.29 is 9.47 Å². The first-order chi connectivity index (χ1) is 29.4. The van der Waals surface area contributed by atoms with E-state index in [1.54, 1.807) is 14.2 Å². The van der Waals surface area contributed by atoms with Gasteiger partial charge in [-0.05, 0) is 122 Å². The van der Waals surface area contributed by atoms with Crippen LogP contribution in [-0.4, -0.2) is 14.2 Å². The summed E-state index contributed by atoms with van der Waals surface area (Å²) in [6, 6.07) is 14.3. The van der Waals surface area contributed by atoms with Crippen molar-refractivity contribution in [2.24, 2.45) is 0 Å². The molecule has 0 spiro atoms. The first kappa shape index (κ1) is 51.1. The van der Waals surface area contributed by atoms with E-state index in [1.807, 2.05) is 0 Å². The second-order valence-electron chi connectivity index (χ2n) is 18.0. The Morgan fingerprint density at radius 3 is 0.883 bits per heavy atom. The molecule has 0 bridgehead atoms. The molecule has 60 heavy (non-hydrogen) atoms. The van der Waals surface area contributed by atoms with Crippen LogP contribution < -0.4 is 9.47 Å². The van der Waals surface area contributed by atoms with Gasteiger partial charge in [-0.15, -0.1) is 0 Å². The smallest absolute Gasteiger partial charge is 0.126 e. The summed E-state index contributed by atoms with van der Waals surface area (Å²) < 4.78 is 12.2. The largest absolute Gasteiger partial charge is 0.496 e. The number of aryl methyl sites for hydroxylation is 6. The van der Waals surface area contributed by atoms with Crippen LogP contribution in [0.4, 0.5) is 0 Å². The molecule has 0 saturated heterocycles. The van der Waals surface area contributed by atoms with E-state index in [-0.39, 0.29) is 0 Å².